The van der Waals surface area contributed by atoms with Gasteiger partial charge in [-0.25, -0.2) is 9.48 Å². The van der Waals surface area contributed by atoms with Gasteiger partial charge in [-0.3, -0.25) is 14.9 Å². The number of carboxylic acid groups (broad SMARTS) is 1. The lowest BCUT2D eigenvalue weighted by Crippen LogP contribution is -2.40. The highest BCUT2D eigenvalue weighted by molar-refractivity contribution is 6.38. The molecule has 0 aliphatic carbocycles. The van der Waals surface area contributed by atoms with E-state index in [2.05, 4.69) is 5.10 Å². The molecule has 136 valence electrons. The summed E-state index contributed by atoms with van der Waals surface area (Å²) in [6.07, 6.45) is 2.42. The number of carboxylic acids is 1. The quantitative estimate of drug-likeness (QED) is 0.624. The molecule has 1 aromatic heterocycles. The van der Waals surface area contributed by atoms with Crippen molar-refractivity contribution >= 4 is 40.8 Å². The Morgan fingerprint density at radius 3 is 2.54 bits per heavy atom. The average molecular weight is 399 g/mol. The molecule has 0 spiro atoms. The third-order valence-electron chi connectivity index (χ3n) is 4.05. The van der Waals surface area contributed by atoms with Crippen LogP contribution in [0.3, 0.4) is 0 Å². The zero-order valence-electron chi connectivity index (χ0n) is 13.1. The highest BCUT2D eigenvalue weighted by Gasteiger charge is 2.35. The molecule has 9 nitrogen and oxygen atoms in total. The Morgan fingerprint density at radius 1 is 1.31 bits per heavy atom. The predicted molar refractivity (Wildman–Crippen MR) is 91.9 cm³/mol. The molecule has 3 rings (SSSR count). The zero-order valence-corrected chi connectivity index (χ0v) is 14.6. The summed E-state index contributed by atoms with van der Waals surface area (Å²) >= 11 is 12.1. The van der Waals surface area contributed by atoms with Crippen LogP contribution < -0.4 is 0 Å². The molecule has 1 aliphatic rings. The van der Waals surface area contributed by atoms with E-state index in [1.807, 2.05) is 0 Å². The molecular formula is C15H12Cl2N4O5. The normalized spacial score (nSPS) is 16.7. The monoisotopic (exact) mass is 398 g/mol. The second-order valence-corrected chi connectivity index (χ2v) is 6.47. The number of aliphatic carboxylic acids is 1. The van der Waals surface area contributed by atoms with Gasteiger partial charge in [-0.15, -0.1) is 0 Å². The lowest BCUT2D eigenvalue weighted by Gasteiger charge is -2.20. The van der Waals surface area contributed by atoms with E-state index in [1.165, 1.54) is 21.8 Å². The van der Waals surface area contributed by atoms with Gasteiger partial charge in [0.15, 0.2) is 5.69 Å². The Bertz CT molecular complexity index is 890. The van der Waals surface area contributed by atoms with Crippen molar-refractivity contribution in [2.45, 2.75) is 18.9 Å². The molecule has 1 atom stereocenters. The highest BCUT2D eigenvalue weighted by atomic mass is 35.5. The fourth-order valence-corrected chi connectivity index (χ4v) is 3.50. The third kappa shape index (κ3) is 3.23. The van der Waals surface area contributed by atoms with Crippen LogP contribution in [0.4, 0.5) is 5.69 Å². The largest absolute Gasteiger partial charge is 0.480 e. The molecule has 1 fully saturated rings. The summed E-state index contributed by atoms with van der Waals surface area (Å²) in [5.74, 6) is -1.57. The number of nitro groups is 1. The number of likely N-dealkylation sites (tertiary alicyclic amines) is 1. The van der Waals surface area contributed by atoms with E-state index < -0.39 is 22.8 Å². The van der Waals surface area contributed by atoms with Crippen molar-refractivity contribution in [3.8, 4) is 5.69 Å². The number of benzene rings is 1. The molecule has 1 saturated heterocycles. The van der Waals surface area contributed by atoms with Crippen LogP contribution in [0, 0.1) is 10.1 Å². The van der Waals surface area contributed by atoms with Crippen LogP contribution in [-0.4, -0.2) is 49.2 Å². The molecule has 0 saturated carbocycles. The second-order valence-electron chi connectivity index (χ2n) is 5.66. The van der Waals surface area contributed by atoms with E-state index >= 15 is 0 Å². The fraction of sp³-hybridized carbons (Fsp3) is 0.267. The van der Waals surface area contributed by atoms with Crippen LogP contribution in [0.2, 0.25) is 10.0 Å². The second kappa shape index (κ2) is 6.93. The fourth-order valence-electron chi connectivity index (χ4n) is 2.85. The topological polar surface area (TPSA) is 119 Å². The number of hydrogen-bond acceptors (Lipinski definition) is 5. The minimum atomic E-state index is -1.06. The van der Waals surface area contributed by atoms with Gasteiger partial charge in [0.2, 0.25) is 0 Å². The number of carbonyl (C=O) groups excluding carboxylic acids is 1. The van der Waals surface area contributed by atoms with Crippen LogP contribution in [0.15, 0.2) is 24.4 Å². The molecule has 11 heteroatoms. The first kappa shape index (κ1) is 18.2. The summed E-state index contributed by atoms with van der Waals surface area (Å²) in [5, 5.41) is 24.1. The minimum Gasteiger partial charge on any atom is -0.480 e. The Morgan fingerprint density at radius 2 is 1.96 bits per heavy atom. The Labute approximate surface area is 156 Å². The number of non-ortho nitro benzene ring substituents is 1. The molecule has 0 unspecified atom stereocenters. The van der Waals surface area contributed by atoms with Gasteiger partial charge in [0, 0.05) is 24.9 Å². The van der Waals surface area contributed by atoms with Gasteiger partial charge in [-0.1, -0.05) is 23.2 Å². The van der Waals surface area contributed by atoms with Crippen molar-refractivity contribution in [3.63, 3.8) is 0 Å². The molecule has 1 N–H and O–H groups in total. The minimum absolute atomic E-state index is 0.00381. The van der Waals surface area contributed by atoms with E-state index in [1.54, 1.807) is 0 Å². The van der Waals surface area contributed by atoms with Crippen molar-refractivity contribution in [1.29, 1.82) is 0 Å². The maximum atomic E-state index is 12.6. The van der Waals surface area contributed by atoms with Gasteiger partial charge >= 0.3 is 5.97 Å². The first-order valence-corrected chi connectivity index (χ1v) is 8.28. The molecule has 0 radical (unpaired) electrons. The summed E-state index contributed by atoms with van der Waals surface area (Å²) in [5.41, 5.74) is -0.0496. The number of amides is 1. The maximum absolute atomic E-state index is 12.6. The standard InChI is InChI=1S/C15H12Cl2N4O5/c16-9-6-8(21(25)26)7-10(17)13(9)20-5-3-11(18-20)14(22)19-4-1-2-12(19)15(23)24/h3,5-7,12H,1-2,4H2,(H,23,24)/t12-/m0/s1. The number of rotatable bonds is 4. The third-order valence-corrected chi connectivity index (χ3v) is 4.62. The van der Waals surface area contributed by atoms with Gasteiger partial charge in [-0.05, 0) is 18.9 Å². The summed E-state index contributed by atoms with van der Waals surface area (Å²) < 4.78 is 1.23. The van der Waals surface area contributed by atoms with Crippen molar-refractivity contribution in [2.24, 2.45) is 0 Å². The first-order valence-electron chi connectivity index (χ1n) is 7.53. The number of carbonyl (C=O) groups is 2. The van der Waals surface area contributed by atoms with Crippen LogP contribution in [0.1, 0.15) is 23.3 Å². The predicted octanol–water partition coefficient (Wildman–Crippen LogP) is 2.78. The lowest BCUT2D eigenvalue weighted by molar-refractivity contribution is -0.384. The van der Waals surface area contributed by atoms with Gasteiger partial charge in [-0.2, -0.15) is 5.10 Å². The molecule has 26 heavy (non-hydrogen) atoms. The molecule has 1 aromatic carbocycles. The molecule has 1 amide bonds. The summed E-state index contributed by atoms with van der Waals surface area (Å²) in [7, 11) is 0. The van der Waals surface area contributed by atoms with Gasteiger partial charge in [0.25, 0.3) is 11.6 Å². The SMILES string of the molecule is O=C(O)[C@@H]1CCCN1C(=O)c1ccn(-c2c(Cl)cc([N+](=O)[O-])cc2Cl)n1. The number of hydrogen-bond donors (Lipinski definition) is 1. The van der Waals surface area contributed by atoms with Crippen molar-refractivity contribution in [1.82, 2.24) is 14.7 Å². The van der Waals surface area contributed by atoms with Crippen molar-refractivity contribution in [3.05, 3.63) is 50.2 Å². The lowest BCUT2D eigenvalue weighted by atomic mass is 10.2. The van der Waals surface area contributed by atoms with E-state index in [0.29, 0.717) is 19.4 Å². The van der Waals surface area contributed by atoms with Crippen LogP contribution in [0.25, 0.3) is 5.69 Å². The smallest absolute Gasteiger partial charge is 0.326 e. The molecule has 2 aromatic rings. The molecule has 1 aliphatic heterocycles. The van der Waals surface area contributed by atoms with Gasteiger partial charge in [0.05, 0.1) is 15.0 Å². The summed E-state index contributed by atoms with van der Waals surface area (Å²) in [4.78, 5) is 35.3. The number of aromatic nitrogens is 2. The van der Waals surface area contributed by atoms with Gasteiger partial charge < -0.3 is 10.0 Å². The van der Waals surface area contributed by atoms with Crippen molar-refractivity contribution in [2.75, 3.05) is 6.54 Å². The first-order chi connectivity index (χ1) is 12.3. The van der Waals surface area contributed by atoms with Crippen LogP contribution >= 0.6 is 23.2 Å². The maximum Gasteiger partial charge on any atom is 0.326 e. The van der Waals surface area contributed by atoms with Crippen LogP contribution in [-0.2, 0) is 4.79 Å². The Hall–Kier alpha value is -2.65. The molecular weight excluding hydrogens is 387 g/mol. The van der Waals surface area contributed by atoms with Crippen LogP contribution in [0.5, 0.6) is 0 Å². The van der Waals surface area contributed by atoms with Crippen molar-refractivity contribution < 1.29 is 19.6 Å². The zero-order chi connectivity index (χ0) is 19.0. The van der Waals surface area contributed by atoms with E-state index in [4.69, 9.17) is 23.2 Å². The van der Waals surface area contributed by atoms with E-state index in [0.717, 1.165) is 12.1 Å². The Kier molecular flexibility index (Phi) is 4.84. The number of nitrogens with zero attached hydrogens (tertiary/aromatic N) is 4. The van der Waals surface area contributed by atoms with E-state index in [-0.39, 0.29) is 27.1 Å². The van der Waals surface area contributed by atoms with Gasteiger partial charge in [0.1, 0.15) is 11.7 Å². The molecule has 0 bridgehead atoms. The van der Waals surface area contributed by atoms with E-state index in [9.17, 15) is 24.8 Å². The summed E-state index contributed by atoms with van der Waals surface area (Å²) in [6.45, 7) is 0.335. The summed E-state index contributed by atoms with van der Waals surface area (Å²) in [6, 6.07) is 2.80. The molecule has 2 heterocycles. The highest BCUT2D eigenvalue weighted by Crippen LogP contribution is 2.33. The Balaban J connectivity index is 1.92. The number of nitro benzene ring substituents is 1. The average Bonchev–Trinajstić information content (AvgIpc) is 3.23. The number of halogens is 2.